The van der Waals surface area contributed by atoms with Gasteiger partial charge in [-0.3, -0.25) is 0 Å². The van der Waals surface area contributed by atoms with Crippen molar-refractivity contribution in [3.63, 3.8) is 0 Å². The van der Waals surface area contributed by atoms with Crippen LogP contribution in [0, 0.1) is 6.92 Å². The lowest BCUT2D eigenvalue weighted by Crippen LogP contribution is -2.88. The van der Waals surface area contributed by atoms with Crippen LogP contribution in [-0.4, -0.2) is 26.2 Å². The molecule has 0 saturated carbocycles. The molecule has 0 bridgehead atoms. The highest BCUT2D eigenvalue weighted by atomic mass is 16.5. The Morgan fingerprint density at radius 3 is 2.89 bits per heavy atom. The summed E-state index contributed by atoms with van der Waals surface area (Å²) in [5.74, 6) is 1.05. The Balaban J connectivity index is 2.34. The highest BCUT2D eigenvalue weighted by Crippen LogP contribution is 2.24. The van der Waals surface area contributed by atoms with E-state index in [4.69, 9.17) is 4.74 Å². The molecule has 0 aliphatic heterocycles. The second-order valence-corrected chi connectivity index (χ2v) is 4.83. The molecule has 106 valence electrons. The molecule has 3 nitrogen and oxygen atoms in total. The van der Waals surface area contributed by atoms with Crippen molar-refractivity contribution in [3.8, 4) is 5.75 Å². The van der Waals surface area contributed by atoms with Gasteiger partial charge in [-0.1, -0.05) is 24.3 Å². The Kier molecular flexibility index (Phi) is 7.94. The molecule has 0 amide bonds. The van der Waals surface area contributed by atoms with E-state index in [0.29, 0.717) is 0 Å². The molecule has 0 fully saturated rings. The molecule has 0 atom stereocenters. The van der Waals surface area contributed by atoms with E-state index in [1.54, 1.807) is 0 Å². The molecule has 1 rings (SSSR count). The number of para-hydroxylation sites is 1. The quantitative estimate of drug-likeness (QED) is 0.474. The summed E-state index contributed by atoms with van der Waals surface area (Å²) in [5.41, 5.74) is 6.28. The first kappa shape index (κ1) is 15.7. The summed E-state index contributed by atoms with van der Waals surface area (Å²) in [5, 5.41) is 2.32. The third-order valence-corrected chi connectivity index (χ3v) is 3.11. The van der Waals surface area contributed by atoms with Gasteiger partial charge in [-0.25, -0.2) is 0 Å². The molecule has 0 heterocycles. The van der Waals surface area contributed by atoms with Gasteiger partial charge in [-0.2, -0.15) is 0 Å². The number of unbranched alkanes of at least 4 members (excludes halogenated alkanes) is 1. The maximum absolute atomic E-state index is 5.95. The molecule has 0 aliphatic rings. The van der Waals surface area contributed by atoms with E-state index in [9.17, 15) is 0 Å². The van der Waals surface area contributed by atoms with Gasteiger partial charge in [-0.15, -0.1) is 6.58 Å². The number of nitrogens with two attached hydrogens (primary N) is 1. The Morgan fingerprint density at radius 2 is 2.16 bits per heavy atom. The van der Waals surface area contributed by atoms with Gasteiger partial charge < -0.3 is 15.8 Å². The fourth-order valence-corrected chi connectivity index (χ4v) is 2.09. The first-order valence-electron chi connectivity index (χ1n) is 7.22. The van der Waals surface area contributed by atoms with E-state index in [0.717, 1.165) is 38.3 Å². The largest absolute Gasteiger partial charge is 0.493 e. The zero-order chi connectivity index (χ0) is 13.9. The van der Waals surface area contributed by atoms with Crippen LogP contribution in [0.1, 0.15) is 24.0 Å². The number of hydrogen-bond donors (Lipinski definition) is 2. The molecule has 0 unspecified atom stereocenters. The fourth-order valence-electron chi connectivity index (χ4n) is 2.09. The number of hydrogen-bond acceptors (Lipinski definition) is 1. The van der Waals surface area contributed by atoms with Crippen LogP contribution in [0.2, 0.25) is 0 Å². The second-order valence-electron chi connectivity index (χ2n) is 4.83. The van der Waals surface area contributed by atoms with Crippen LogP contribution in [0.15, 0.2) is 30.9 Å². The smallest absolute Gasteiger partial charge is 0.125 e. The van der Waals surface area contributed by atoms with E-state index >= 15 is 0 Å². The summed E-state index contributed by atoms with van der Waals surface area (Å²) in [6.45, 7) is 10.0. The maximum Gasteiger partial charge on any atom is 0.125 e. The van der Waals surface area contributed by atoms with Gasteiger partial charge in [0.25, 0.3) is 0 Å². The minimum absolute atomic E-state index is 0.799. The molecule has 0 radical (unpaired) electrons. The number of benzene rings is 1. The molecule has 0 spiro atoms. The van der Waals surface area contributed by atoms with Crippen molar-refractivity contribution in [2.24, 2.45) is 0 Å². The van der Waals surface area contributed by atoms with E-state index in [-0.39, 0.29) is 0 Å². The first-order chi connectivity index (χ1) is 9.29. The van der Waals surface area contributed by atoms with E-state index in [1.165, 1.54) is 24.1 Å². The van der Waals surface area contributed by atoms with Crippen molar-refractivity contribution < 1.29 is 15.8 Å². The maximum atomic E-state index is 5.95. The molecule has 1 aromatic rings. The third kappa shape index (κ3) is 5.90. The van der Waals surface area contributed by atoms with Gasteiger partial charge in [0.05, 0.1) is 13.2 Å². The average molecular weight is 264 g/mol. The summed E-state index contributed by atoms with van der Waals surface area (Å²) in [7, 11) is 0. The van der Waals surface area contributed by atoms with E-state index in [1.807, 2.05) is 6.08 Å². The average Bonchev–Trinajstić information content (AvgIpc) is 2.41. The fraction of sp³-hybridized carbons (Fsp3) is 0.500. The number of quaternary nitrogens is 2. The number of ether oxygens (including phenoxy) is 1. The molecule has 19 heavy (non-hydrogen) atoms. The Morgan fingerprint density at radius 1 is 1.32 bits per heavy atom. The summed E-state index contributed by atoms with van der Waals surface area (Å²) in [6, 6.07) is 6.30. The monoisotopic (exact) mass is 264 g/mol. The highest BCUT2D eigenvalue weighted by molar-refractivity contribution is 5.41. The zero-order valence-electron chi connectivity index (χ0n) is 12.2. The van der Waals surface area contributed by atoms with Crippen molar-refractivity contribution in [3.05, 3.63) is 42.0 Å². The summed E-state index contributed by atoms with van der Waals surface area (Å²) in [6.07, 6.45) is 5.10. The molecular weight excluding hydrogens is 236 g/mol. The van der Waals surface area contributed by atoms with Crippen LogP contribution >= 0.6 is 0 Å². The van der Waals surface area contributed by atoms with Crippen molar-refractivity contribution in [2.45, 2.75) is 26.2 Å². The van der Waals surface area contributed by atoms with Gasteiger partial charge in [0.1, 0.15) is 18.8 Å². The third-order valence-electron chi connectivity index (χ3n) is 3.11. The van der Waals surface area contributed by atoms with Crippen LogP contribution in [0.3, 0.4) is 0 Å². The van der Waals surface area contributed by atoms with Gasteiger partial charge >= 0.3 is 0 Å². The summed E-state index contributed by atoms with van der Waals surface area (Å²) >= 11 is 0. The van der Waals surface area contributed by atoms with Gasteiger partial charge in [-0.05, 0) is 37.3 Å². The van der Waals surface area contributed by atoms with Crippen LogP contribution in [0.4, 0.5) is 0 Å². The van der Waals surface area contributed by atoms with Crippen LogP contribution in [-0.2, 0) is 6.42 Å². The molecule has 0 saturated heterocycles. The zero-order valence-corrected chi connectivity index (χ0v) is 12.2. The van der Waals surface area contributed by atoms with Crippen LogP contribution in [0.5, 0.6) is 5.75 Å². The minimum atomic E-state index is 0.799. The van der Waals surface area contributed by atoms with Crippen molar-refractivity contribution in [1.29, 1.82) is 0 Å². The Labute approximate surface area is 116 Å². The number of allylic oxidation sites excluding steroid dienone is 1. The molecular formula is C16H28N2O+2. The lowest BCUT2D eigenvalue weighted by atomic mass is 10.1. The van der Waals surface area contributed by atoms with Gasteiger partial charge in [0.15, 0.2) is 0 Å². The molecule has 0 aromatic heterocycles. The van der Waals surface area contributed by atoms with Gasteiger partial charge in [0.2, 0.25) is 0 Å². The number of rotatable bonds is 10. The topological polar surface area (TPSA) is 53.5 Å². The molecule has 1 aromatic carbocycles. The van der Waals surface area contributed by atoms with Crippen LogP contribution in [0.25, 0.3) is 0 Å². The lowest BCUT2D eigenvalue weighted by Gasteiger charge is -2.13. The van der Waals surface area contributed by atoms with Crippen LogP contribution < -0.4 is 15.8 Å². The Bertz CT molecular complexity index is 377. The van der Waals surface area contributed by atoms with E-state index < -0.39 is 0 Å². The Hall–Kier alpha value is -1.32. The van der Waals surface area contributed by atoms with Gasteiger partial charge in [0, 0.05) is 0 Å². The predicted molar refractivity (Wildman–Crippen MR) is 79.2 cm³/mol. The molecule has 3 heteroatoms. The van der Waals surface area contributed by atoms with E-state index in [2.05, 4.69) is 42.8 Å². The normalized spacial score (nSPS) is 10.4. The molecule has 0 aliphatic carbocycles. The summed E-state index contributed by atoms with van der Waals surface area (Å²) < 4.78 is 5.95. The van der Waals surface area contributed by atoms with Crippen molar-refractivity contribution in [2.75, 3.05) is 26.2 Å². The predicted octanol–water partition coefficient (Wildman–Crippen LogP) is 0.688. The van der Waals surface area contributed by atoms with Crippen molar-refractivity contribution in [1.82, 2.24) is 0 Å². The van der Waals surface area contributed by atoms with Crippen molar-refractivity contribution >= 4 is 0 Å². The molecule has 5 N–H and O–H groups in total. The highest BCUT2D eigenvalue weighted by Gasteiger charge is 2.05. The second kappa shape index (κ2) is 9.59. The summed E-state index contributed by atoms with van der Waals surface area (Å²) in [4.78, 5) is 0. The standard InChI is InChI=1S/C16H26N2O/c1-3-7-15-9-6-8-14(2)16(15)19-13-5-4-11-18-12-10-17/h3,6,8-9,18H,1,4-5,7,10-13,17H2,2H3/p+2. The lowest BCUT2D eigenvalue weighted by molar-refractivity contribution is -0.670. The SMILES string of the molecule is C=CCc1cccc(C)c1OCCCC[NH2+]CC[NH3+]. The minimum Gasteiger partial charge on any atom is -0.493 e. The number of aryl methyl sites for hydroxylation is 1. The first-order valence-corrected chi connectivity index (χ1v) is 7.22.